The summed E-state index contributed by atoms with van der Waals surface area (Å²) < 4.78 is 21.9. The second-order valence-corrected chi connectivity index (χ2v) is 7.29. The van der Waals surface area contributed by atoms with Crippen molar-refractivity contribution >= 4 is 12.0 Å². The van der Waals surface area contributed by atoms with Gasteiger partial charge in [0.05, 0.1) is 21.3 Å². The minimum atomic E-state index is -0.504. The highest BCUT2D eigenvalue weighted by Gasteiger charge is 2.34. The van der Waals surface area contributed by atoms with Gasteiger partial charge >= 0.3 is 5.97 Å². The lowest BCUT2D eigenvalue weighted by Crippen LogP contribution is -2.42. The van der Waals surface area contributed by atoms with Crippen LogP contribution in [0, 0.1) is 5.92 Å². The van der Waals surface area contributed by atoms with E-state index in [0.717, 1.165) is 31.5 Å². The molecule has 1 aromatic carbocycles. The second-order valence-electron chi connectivity index (χ2n) is 7.29. The molecule has 1 heterocycles. The molecule has 0 spiro atoms. The van der Waals surface area contributed by atoms with Crippen molar-refractivity contribution in [3.63, 3.8) is 0 Å². The average molecular weight is 377 g/mol. The molecule has 1 saturated heterocycles. The molecule has 0 bridgehead atoms. The van der Waals surface area contributed by atoms with E-state index in [1.165, 1.54) is 0 Å². The molecule has 1 aromatic rings. The quantitative estimate of drug-likeness (QED) is 0.580. The third kappa shape index (κ3) is 5.16. The Balaban J connectivity index is 2.21. The molecule has 0 aliphatic carbocycles. The first-order chi connectivity index (χ1) is 12.8. The first kappa shape index (κ1) is 21.1. The van der Waals surface area contributed by atoms with Crippen LogP contribution in [0.2, 0.25) is 0 Å². The molecule has 2 rings (SSSR count). The Morgan fingerprint density at radius 2 is 1.59 bits per heavy atom. The van der Waals surface area contributed by atoms with Gasteiger partial charge in [-0.1, -0.05) is 0 Å². The number of ether oxygens (including phenoxy) is 4. The van der Waals surface area contributed by atoms with Crippen LogP contribution in [-0.2, 0) is 9.53 Å². The number of esters is 1. The molecule has 0 saturated carbocycles. The average Bonchev–Trinajstić information content (AvgIpc) is 2.67. The maximum absolute atomic E-state index is 12.7. The summed E-state index contributed by atoms with van der Waals surface area (Å²) in [6.45, 7) is 7.65. The molecule has 0 radical (unpaired) electrons. The first-order valence-corrected chi connectivity index (χ1v) is 9.24. The van der Waals surface area contributed by atoms with Crippen molar-refractivity contribution in [2.75, 3.05) is 34.4 Å². The van der Waals surface area contributed by atoms with Crippen LogP contribution in [-0.4, -0.2) is 46.0 Å². The van der Waals surface area contributed by atoms with Gasteiger partial charge in [0.25, 0.3) is 0 Å². The summed E-state index contributed by atoms with van der Waals surface area (Å²) in [5.41, 5.74) is 0.725. The molecule has 0 aromatic heterocycles. The third-order valence-corrected chi connectivity index (χ3v) is 5.11. The SMILES string of the molecule is COc1cc(OC)c(OC)cc1/C=C(\C)C(=O)OC(C)(C)C1CCNCC1. The van der Waals surface area contributed by atoms with Crippen molar-refractivity contribution in [2.45, 2.75) is 39.2 Å². The molecule has 150 valence electrons. The van der Waals surface area contributed by atoms with Crippen molar-refractivity contribution in [1.29, 1.82) is 0 Å². The van der Waals surface area contributed by atoms with Gasteiger partial charge in [-0.3, -0.25) is 0 Å². The molecule has 1 aliphatic rings. The summed E-state index contributed by atoms with van der Waals surface area (Å²) >= 11 is 0. The molecule has 6 nitrogen and oxygen atoms in total. The van der Waals surface area contributed by atoms with E-state index >= 15 is 0 Å². The number of carbonyl (C=O) groups excluding carboxylic acids is 1. The maximum Gasteiger partial charge on any atom is 0.334 e. The Bertz CT molecular complexity index is 690. The molecular weight excluding hydrogens is 346 g/mol. The Morgan fingerprint density at radius 3 is 2.15 bits per heavy atom. The van der Waals surface area contributed by atoms with Crippen molar-refractivity contribution in [2.24, 2.45) is 5.92 Å². The zero-order valence-electron chi connectivity index (χ0n) is 17.2. The monoisotopic (exact) mass is 377 g/mol. The van der Waals surface area contributed by atoms with Gasteiger partial charge in [-0.25, -0.2) is 4.79 Å². The van der Waals surface area contributed by atoms with E-state index in [1.807, 2.05) is 13.8 Å². The lowest BCUT2D eigenvalue weighted by atomic mass is 9.83. The van der Waals surface area contributed by atoms with Gasteiger partial charge in [-0.2, -0.15) is 0 Å². The first-order valence-electron chi connectivity index (χ1n) is 9.24. The number of rotatable bonds is 7. The van der Waals surface area contributed by atoms with Crippen molar-refractivity contribution in [3.05, 3.63) is 23.3 Å². The topological polar surface area (TPSA) is 66.0 Å². The van der Waals surface area contributed by atoms with Gasteiger partial charge in [0.1, 0.15) is 11.4 Å². The number of piperidine rings is 1. The number of benzene rings is 1. The molecule has 1 aliphatic heterocycles. The van der Waals surface area contributed by atoms with Crippen LogP contribution in [0.4, 0.5) is 0 Å². The standard InChI is InChI=1S/C21H31NO5/c1-14(20(23)27-21(2,3)16-7-9-22-10-8-16)11-15-12-18(25-5)19(26-6)13-17(15)24-4/h11-13,16,22H,7-10H2,1-6H3/b14-11+. The Morgan fingerprint density at radius 1 is 1.04 bits per heavy atom. The van der Waals surface area contributed by atoms with E-state index in [4.69, 9.17) is 18.9 Å². The maximum atomic E-state index is 12.7. The van der Waals surface area contributed by atoms with E-state index in [9.17, 15) is 4.79 Å². The Labute approximate surface area is 161 Å². The fraction of sp³-hybridized carbons (Fsp3) is 0.571. The van der Waals surface area contributed by atoms with E-state index in [1.54, 1.807) is 46.5 Å². The minimum Gasteiger partial charge on any atom is -0.496 e. The van der Waals surface area contributed by atoms with Crippen LogP contribution in [0.5, 0.6) is 17.2 Å². The highest BCUT2D eigenvalue weighted by Crippen LogP contribution is 2.36. The molecule has 0 amide bonds. The molecule has 0 atom stereocenters. The molecule has 1 N–H and O–H groups in total. The number of hydrogen-bond donors (Lipinski definition) is 1. The van der Waals surface area contributed by atoms with Gasteiger partial charge in [0.15, 0.2) is 11.5 Å². The van der Waals surface area contributed by atoms with Crippen LogP contribution < -0.4 is 19.5 Å². The van der Waals surface area contributed by atoms with Crippen LogP contribution in [0.15, 0.2) is 17.7 Å². The summed E-state index contributed by atoms with van der Waals surface area (Å²) in [5, 5.41) is 3.34. The van der Waals surface area contributed by atoms with Gasteiger partial charge in [0.2, 0.25) is 0 Å². The number of carbonyl (C=O) groups is 1. The predicted molar refractivity (Wildman–Crippen MR) is 106 cm³/mol. The van der Waals surface area contributed by atoms with E-state index in [-0.39, 0.29) is 5.97 Å². The van der Waals surface area contributed by atoms with Crippen LogP contribution in [0.3, 0.4) is 0 Å². The van der Waals surface area contributed by atoms with E-state index in [0.29, 0.717) is 28.7 Å². The third-order valence-electron chi connectivity index (χ3n) is 5.11. The van der Waals surface area contributed by atoms with Crippen molar-refractivity contribution in [3.8, 4) is 17.2 Å². The number of hydrogen-bond acceptors (Lipinski definition) is 6. The largest absolute Gasteiger partial charge is 0.496 e. The smallest absolute Gasteiger partial charge is 0.334 e. The molecule has 1 fully saturated rings. The molecule has 27 heavy (non-hydrogen) atoms. The highest BCUT2D eigenvalue weighted by molar-refractivity contribution is 5.94. The fourth-order valence-corrected chi connectivity index (χ4v) is 3.38. The zero-order valence-corrected chi connectivity index (χ0v) is 17.2. The number of nitrogens with one attached hydrogen (secondary N) is 1. The Hall–Kier alpha value is -2.21. The lowest BCUT2D eigenvalue weighted by Gasteiger charge is -2.36. The van der Waals surface area contributed by atoms with Gasteiger partial charge in [0, 0.05) is 23.1 Å². The van der Waals surface area contributed by atoms with E-state index < -0.39 is 5.60 Å². The van der Waals surface area contributed by atoms with Crippen molar-refractivity contribution < 1.29 is 23.7 Å². The summed E-state index contributed by atoms with van der Waals surface area (Å²) in [6.07, 6.45) is 3.76. The van der Waals surface area contributed by atoms with Gasteiger partial charge in [-0.05, 0) is 58.8 Å². The predicted octanol–water partition coefficient (Wildman–Crippen LogP) is 3.44. The summed E-state index contributed by atoms with van der Waals surface area (Å²) in [4.78, 5) is 12.7. The summed E-state index contributed by atoms with van der Waals surface area (Å²) in [5.74, 6) is 1.76. The van der Waals surface area contributed by atoms with Gasteiger partial charge in [-0.15, -0.1) is 0 Å². The highest BCUT2D eigenvalue weighted by atomic mass is 16.6. The zero-order chi connectivity index (χ0) is 20.0. The van der Waals surface area contributed by atoms with Gasteiger partial charge < -0.3 is 24.3 Å². The fourth-order valence-electron chi connectivity index (χ4n) is 3.38. The lowest BCUT2D eigenvalue weighted by molar-refractivity contribution is -0.157. The normalized spacial score (nSPS) is 16.0. The van der Waals surface area contributed by atoms with Crippen LogP contribution in [0.1, 0.15) is 39.2 Å². The Kier molecular flexibility index (Phi) is 7.13. The van der Waals surface area contributed by atoms with Crippen molar-refractivity contribution in [1.82, 2.24) is 5.32 Å². The summed E-state index contributed by atoms with van der Waals surface area (Å²) in [6, 6.07) is 3.52. The number of methoxy groups -OCH3 is 3. The molecule has 6 heteroatoms. The summed E-state index contributed by atoms with van der Waals surface area (Å²) in [7, 11) is 4.71. The van der Waals surface area contributed by atoms with E-state index in [2.05, 4.69) is 5.32 Å². The van der Waals surface area contributed by atoms with Crippen LogP contribution in [0.25, 0.3) is 6.08 Å². The van der Waals surface area contributed by atoms with Crippen LogP contribution >= 0.6 is 0 Å². The molecular formula is C21H31NO5. The minimum absolute atomic E-state index is 0.324. The molecule has 0 unspecified atom stereocenters. The second kappa shape index (κ2) is 9.13.